The smallest absolute Gasteiger partial charge is 0.359 e. The molecular weight excluding hydrogens is 470 g/mol. The molecule has 0 saturated carbocycles. The van der Waals surface area contributed by atoms with Gasteiger partial charge in [0.1, 0.15) is 5.00 Å². The number of amides is 1. The summed E-state index contributed by atoms with van der Waals surface area (Å²) in [6.07, 6.45) is 2.23. The Bertz CT molecular complexity index is 1370. The summed E-state index contributed by atoms with van der Waals surface area (Å²) >= 11 is 1.36. The number of anilines is 1. The Morgan fingerprint density at radius 2 is 1.91 bits per heavy atom. The molecule has 1 aromatic carbocycles. The molecule has 2 aromatic heterocycles. The maximum atomic E-state index is 12.8. The normalized spacial score (nSPS) is 15.1. The van der Waals surface area contributed by atoms with Crippen LogP contribution in [-0.4, -0.2) is 40.3 Å². The van der Waals surface area contributed by atoms with Crippen molar-refractivity contribution in [2.24, 2.45) is 13.0 Å². The fourth-order valence-electron chi connectivity index (χ4n) is 4.14. The van der Waals surface area contributed by atoms with Crippen molar-refractivity contribution in [2.45, 2.75) is 46.1 Å². The predicted octanol–water partition coefficient (Wildman–Crippen LogP) is 3.48. The van der Waals surface area contributed by atoms with E-state index in [4.69, 9.17) is 9.47 Å². The van der Waals surface area contributed by atoms with Gasteiger partial charge in [0.2, 0.25) is 0 Å². The number of carbonyl (C=O) groups excluding carboxylic acids is 3. The Morgan fingerprint density at radius 3 is 2.63 bits per heavy atom. The molecule has 0 bridgehead atoms. The molecule has 3 aromatic rings. The lowest BCUT2D eigenvalue weighted by molar-refractivity contribution is -0.119. The maximum absolute atomic E-state index is 12.8. The molecule has 9 nitrogen and oxygen atoms in total. The molecule has 1 aliphatic carbocycles. The first-order chi connectivity index (χ1) is 16.7. The zero-order valence-electron chi connectivity index (χ0n) is 20.0. The van der Waals surface area contributed by atoms with E-state index in [0.29, 0.717) is 27.3 Å². The largest absolute Gasteiger partial charge is 0.459 e. The van der Waals surface area contributed by atoms with Crippen molar-refractivity contribution in [2.75, 3.05) is 11.9 Å². The summed E-state index contributed by atoms with van der Waals surface area (Å²) in [5.74, 6) is -1.40. The topological polar surface area (TPSA) is 117 Å². The lowest BCUT2D eigenvalue weighted by atomic mass is 9.88. The molecule has 10 heteroatoms. The third kappa shape index (κ3) is 5.12. The summed E-state index contributed by atoms with van der Waals surface area (Å²) in [4.78, 5) is 51.6. The quantitative estimate of drug-likeness (QED) is 0.518. The molecule has 2 heterocycles. The Labute approximate surface area is 206 Å². The van der Waals surface area contributed by atoms with Crippen molar-refractivity contribution in [3.05, 3.63) is 56.3 Å². The van der Waals surface area contributed by atoms with Crippen molar-refractivity contribution in [1.82, 2.24) is 9.78 Å². The molecule has 35 heavy (non-hydrogen) atoms. The minimum absolute atomic E-state index is 0.0581. The molecule has 4 rings (SSSR count). The molecule has 0 aliphatic heterocycles. The number of carbonyl (C=O) groups is 3. The van der Waals surface area contributed by atoms with E-state index in [1.165, 1.54) is 18.4 Å². The van der Waals surface area contributed by atoms with Gasteiger partial charge in [0.25, 0.3) is 11.5 Å². The van der Waals surface area contributed by atoms with E-state index in [-0.39, 0.29) is 17.4 Å². The molecule has 1 unspecified atom stereocenters. The monoisotopic (exact) mass is 497 g/mol. The highest BCUT2D eigenvalue weighted by Crippen LogP contribution is 2.40. The van der Waals surface area contributed by atoms with Gasteiger partial charge in [-0.2, -0.15) is 5.10 Å². The standard InChI is InChI=1S/C25H27N3O6S/c1-13(2)34-24(31)20-17-10-9-14(3)11-18(17)35-22(20)26-19(29)12-33-25(32)21-15-7-5-6-8-16(15)23(30)28(4)27-21/h5-8,13-14H,9-12H2,1-4H3,(H,26,29). The van der Waals surface area contributed by atoms with Gasteiger partial charge in [-0.3, -0.25) is 9.59 Å². The third-order valence-electron chi connectivity index (χ3n) is 5.80. The number of ether oxygens (including phenoxy) is 2. The molecule has 0 spiro atoms. The van der Waals surface area contributed by atoms with Crippen LogP contribution in [0.25, 0.3) is 10.8 Å². The van der Waals surface area contributed by atoms with E-state index in [2.05, 4.69) is 17.3 Å². The summed E-state index contributed by atoms with van der Waals surface area (Å²) in [5, 5.41) is 7.82. The van der Waals surface area contributed by atoms with Crippen molar-refractivity contribution >= 4 is 45.0 Å². The van der Waals surface area contributed by atoms with Crippen LogP contribution in [-0.2, 0) is 34.2 Å². The number of rotatable bonds is 6. The summed E-state index contributed by atoms with van der Waals surface area (Å²) in [6.45, 7) is 5.13. The number of benzene rings is 1. The maximum Gasteiger partial charge on any atom is 0.359 e. The van der Waals surface area contributed by atoms with Crippen LogP contribution in [0.3, 0.4) is 0 Å². The van der Waals surface area contributed by atoms with Gasteiger partial charge in [-0.05, 0) is 50.7 Å². The van der Waals surface area contributed by atoms with Crippen molar-refractivity contribution in [1.29, 1.82) is 0 Å². The molecule has 1 atom stereocenters. The number of aryl methyl sites for hydroxylation is 1. The average molecular weight is 498 g/mol. The fourth-order valence-corrected chi connectivity index (χ4v) is 5.56. The lowest BCUT2D eigenvalue weighted by Gasteiger charge is -2.18. The highest BCUT2D eigenvalue weighted by atomic mass is 32.1. The first-order valence-corrected chi connectivity index (χ1v) is 12.3. The number of nitrogens with zero attached hydrogens (tertiary/aromatic N) is 2. The van der Waals surface area contributed by atoms with Gasteiger partial charge in [0.15, 0.2) is 12.3 Å². The number of hydrogen-bond acceptors (Lipinski definition) is 8. The van der Waals surface area contributed by atoms with Crippen LogP contribution < -0.4 is 10.9 Å². The van der Waals surface area contributed by atoms with Crippen LogP contribution in [0.2, 0.25) is 0 Å². The van der Waals surface area contributed by atoms with Gasteiger partial charge in [0.05, 0.1) is 17.1 Å². The summed E-state index contributed by atoms with van der Waals surface area (Å²) < 4.78 is 11.7. The van der Waals surface area contributed by atoms with Crippen LogP contribution >= 0.6 is 11.3 Å². The average Bonchev–Trinajstić information content (AvgIpc) is 3.16. The second-order valence-electron chi connectivity index (χ2n) is 8.96. The van der Waals surface area contributed by atoms with E-state index >= 15 is 0 Å². The van der Waals surface area contributed by atoms with Crippen molar-refractivity contribution in [3.8, 4) is 0 Å². The number of fused-ring (bicyclic) bond motifs is 2. The highest BCUT2D eigenvalue weighted by molar-refractivity contribution is 7.17. The van der Waals surface area contributed by atoms with Gasteiger partial charge >= 0.3 is 11.9 Å². The number of esters is 2. The van der Waals surface area contributed by atoms with Gasteiger partial charge in [-0.15, -0.1) is 11.3 Å². The van der Waals surface area contributed by atoms with E-state index in [9.17, 15) is 19.2 Å². The summed E-state index contributed by atoms with van der Waals surface area (Å²) in [6, 6.07) is 6.57. The Kier molecular flexibility index (Phi) is 7.02. The Morgan fingerprint density at radius 1 is 1.20 bits per heavy atom. The van der Waals surface area contributed by atoms with Crippen molar-refractivity contribution in [3.63, 3.8) is 0 Å². The van der Waals surface area contributed by atoms with Gasteiger partial charge in [-0.25, -0.2) is 14.3 Å². The van der Waals surface area contributed by atoms with Crippen LogP contribution in [0, 0.1) is 5.92 Å². The highest BCUT2D eigenvalue weighted by Gasteiger charge is 2.30. The zero-order valence-corrected chi connectivity index (χ0v) is 20.9. The second-order valence-corrected chi connectivity index (χ2v) is 10.1. The van der Waals surface area contributed by atoms with Crippen LogP contribution in [0.15, 0.2) is 29.1 Å². The molecule has 0 radical (unpaired) electrons. The minimum atomic E-state index is -0.828. The second kappa shape index (κ2) is 9.99. The Balaban J connectivity index is 1.52. The number of aromatic nitrogens is 2. The lowest BCUT2D eigenvalue weighted by Crippen LogP contribution is -2.26. The van der Waals surface area contributed by atoms with Gasteiger partial charge in [0, 0.05) is 17.3 Å². The van der Waals surface area contributed by atoms with E-state index in [1.807, 2.05) is 0 Å². The van der Waals surface area contributed by atoms with Crippen molar-refractivity contribution < 1.29 is 23.9 Å². The first-order valence-electron chi connectivity index (χ1n) is 11.4. The molecule has 184 valence electrons. The van der Waals surface area contributed by atoms with E-state index < -0.39 is 24.5 Å². The van der Waals surface area contributed by atoms with E-state index in [0.717, 1.165) is 34.4 Å². The number of hydrogen-bond donors (Lipinski definition) is 1. The Hall–Kier alpha value is -3.53. The molecule has 1 aliphatic rings. The minimum Gasteiger partial charge on any atom is -0.459 e. The molecular formula is C25H27N3O6S. The van der Waals surface area contributed by atoms with Crippen LogP contribution in [0.1, 0.15) is 58.5 Å². The van der Waals surface area contributed by atoms with Crippen LogP contribution in [0.4, 0.5) is 5.00 Å². The van der Waals surface area contributed by atoms with Gasteiger partial charge < -0.3 is 14.8 Å². The third-order valence-corrected chi connectivity index (χ3v) is 6.97. The zero-order chi connectivity index (χ0) is 25.3. The number of nitrogens with one attached hydrogen (secondary N) is 1. The first kappa shape index (κ1) is 24.6. The summed E-state index contributed by atoms with van der Waals surface area (Å²) in [7, 11) is 1.44. The number of thiophene rings is 1. The van der Waals surface area contributed by atoms with Crippen LogP contribution in [0.5, 0.6) is 0 Å². The summed E-state index contributed by atoms with van der Waals surface area (Å²) in [5.41, 5.74) is 0.909. The van der Waals surface area contributed by atoms with Gasteiger partial charge in [-0.1, -0.05) is 25.1 Å². The SMILES string of the molecule is CC1CCc2c(sc(NC(=O)COC(=O)c3nn(C)c(=O)c4ccccc34)c2C(=O)OC(C)C)C1. The molecule has 0 saturated heterocycles. The predicted molar refractivity (Wildman–Crippen MR) is 132 cm³/mol. The molecule has 0 fully saturated rings. The van der Waals surface area contributed by atoms with E-state index in [1.54, 1.807) is 38.1 Å². The molecule has 1 amide bonds. The fraction of sp³-hybridized carbons (Fsp3) is 0.400. The molecule has 1 N–H and O–H groups in total.